The van der Waals surface area contributed by atoms with Crippen LogP contribution in [0.5, 0.6) is 0 Å². The molecule has 0 unspecified atom stereocenters. The SMILES string of the molecule is C[Si](C)(C)c1cc2c(c(N)c1[Si](C)(C)C)Cc1ccccc1-2.[Li]. The predicted molar refractivity (Wildman–Crippen MR) is 111 cm³/mol. The maximum Gasteiger partial charge on any atom is 0.0801 e. The minimum absolute atomic E-state index is 0. The molecule has 0 saturated carbocycles. The Kier molecular flexibility index (Phi) is 4.83. The molecule has 0 spiro atoms. The van der Waals surface area contributed by atoms with Crippen molar-refractivity contribution in [1.29, 1.82) is 0 Å². The van der Waals surface area contributed by atoms with E-state index in [-0.39, 0.29) is 18.9 Å². The van der Waals surface area contributed by atoms with Gasteiger partial charge in [0, 0.05) is 31.0 Å². The van der Waals surface area contributed by atoms with E-state index in [2.05, 4.69) is 69.6 Å². The zero-order chi connectivity index (χ0) is 16.3. The van der Waals surface area contributed by atoms with Crippen LogP contribution in [-0.4, -0.2) is 35.0 Å². The summed E-state index contributed by atoms with van der Waals surface area (Å²) < 4.78 is 0. The van der Waals surface area contributed by atoms with E-state index in [1.165, 1.54) is 27.4 Å². The first-order chi connectivity index (χ1) is 10.1. The molecule has 1 radical (unpaired) electrons. The molecule has 1 nitrogen and oxygen atoms in total. The van der Waals surface area contributed by atoms with E-state index < -0.39 is 16.1 Å². The Balaban J connectivity index is 0.00000192. The standard InChI is InChI=1S/C19H27NSi2.Li/c1-21(2,3)17-12-15-14-10-8-7-9-13(14)11-16(15)18(20)19(17)22(4,5)6;/h7-10,12H,11,20H2,1-6H3;. The summed E-state index contributed by atoms with van der Waals surface area (Å²) >= 11 is 0. The van der Waals surface area contributed by atoms with Crippen LogP contribution in [0.2, 0.25) is 39.3 Å². The molecule has 117 valence electrons. The van der Waals surface area contributed by atoms with E-state index in [0.717, 1.165) is 12.1 Å². The van der Waals surface area contributed by atoms with Crippen LogP contribution >= 0.6 is 0 Å². The summed E-state index contributed by atoms with van der Waals surface area (Å²) in [6.07, 6.45) is 1.00. The molecule has 2 N–H and O–H groups in total. The molecule has 1 aliphatic carbocycles. The summed E-state index contributed by atoms with van der Waals surface area (Å²) in [5.41, 5.74) is 13.5. The van der Waals surface area contributed by atoms with Gasteiger partial charge in [0.25, 0.3) is 0 Å². The second kappa shape index (κ2) is 5.97. The number of fused-ring (bicyclic) bond motifs is 3. The van der Waals surface area contributed by atoms with Crippen molar-refractivity contribution < 1.29 is 0 Å². The Morgan fingerprint density at radius 1 is 0.870 bits per heavy atom. The smallest absolute Gasteiger partial charge is 0.0801 e. The fraction of sp³-hybridized carbons (Fsp3) is 0.368. The first kappa shape index (κ1) is 18.6. The zero-order valence-corrected chi connectivity index (χ0v) is 17.7. The van der Waals surface area contributed by atoms with Crippen molar-refractivity contribution >= 4 is 51.1 Å². The minimum Gasteiger partial charge on any atom is -0.399 e. The van der Waals surface area contributed by atoms with Crippen molar-refractivity contribution in [2.45, 2.75) is 45.7 Å². The van der Waals surface area contributed by atoms with Crippen LogP contribution in [0.4, 0.5) is 5.69 Å². The Hall–Kier alpha value is -0.729. The molecular formula is C19H27LiNSi2. The number of nitrogens with two attached hydrogens (primary N) is 1. The first-order valence-electron chi connectivity index (χ1n) is 8.15. The third-order valence-electron chi connectivity index (χ3n) is 4.71. The molecule has 1 aliphatic rings. The number of rotatable bonds is 2. The fourth-order valence-corrected chi connectivity index (χ4v) is 9.25. The monoisotopic (exact) mass is 332 g/mol. The van der Waals surface area contributed by atoms with E-state index in [9.17, 15) is 0 Å². The van der Waals surface area contributed by atoms with Gasteiger partial charge in [-0.05, 0) is 27.4 Å². The van der Waals surface area contributed by atoms with Crippen molar-refractivity contribution in [3.05, 3.63) is 41.5 Å². The minimum atomic E-state index is -1.47. The third-order valence-corrected chi connectivity index (χ3v) is 9.01. The summed E-state index contributed by atoms with van der Waals surface area (Å²) in [4.78, 5) is 0. The molecule has 0 amide bonds. The number of hydrogen-bond acceptors (Lipinski definition) is 1. The van der Waals surface area contributed by atoms with Crippen LogP contribution in [-0.2, 0) is 6.42 Å². The van der Waals surface area contributed by atoms with Crippen molar-refractivity contribution in [2.75, 3.05) is 5.73 Å². The van der Waals surface area contributed by atoms with Crippen LogP contribution in [0.3, 0.4) is 0 Å². The average molecular weight is 333 g/mol. The van der Waals surface area contributed by atoms with Gasteiger partial charge in [-0.2, -0.15) is 0 Å². The van der Waals surface area contributed by atoms with E-state index in [0.29, 0.717) is 0 Å². The van der Waals surface area contributed by atoms with E-state index in [1.807, 2.05) is 0 Å². The molecule has 0 bridgehead atoms. The third kappa shape index (κ3) is 3.13. The van der Waals surface area contributed by atoms with Crippen molar-refractivity contribution in [3.8, 4) is 11.1 Å². The van der Waals surface area contributed by atoms with E-state index in [1.54, 1.807) is 5.19 Å². The van der Waals surface area contributed by atoms with Gasteiger partial charge in [-0.25, -0.2) is 0 Å². The molecule has 4 heteroatoms. The summed E-state index contributed by atoms with van der Waals surface area (Å²) in [5.74, 6) is 0. The molecule has 3 rings (SSSR count). The van der Waals surface area contributed by atoms with Crippen LogP contribution < -0.4 is 16.1 Å². The summed E-state index contributed by atoms with van der Waals surface area (Å²) in [6.45, 7) is 14.6. The molecule has 0 aromatic heterocycles. The maximum absolute atomic E-state index is 6.75. The van der Waals surface area contributed by atoms with Gasteiger partial charge >= 0.3 is 0 Å². The van der Waals surface area contributed by atoms with E-state index in [4.69, 9.17) is 5.73 Å². The van der Waals surface area contributed by atoms with Gasteiger partial charge in [-0.3, -0.25) is 0 Å². The molecule has 0 aliphatic heterocycles. The van der Waals surface area contributed by atoms with Crippen LogP contribution in [0, 0.1) is 0 Å². The van der Waals surface area contributed by atoms with Gasteiger partial charge in [0.05, 0.1) is 16.1 Å². The van der Waals surface area contributed by atoms with Gasteiger partial charge in [0.1, 0.15) is 0 Å². The number of hydrogen-bond donors (Lipinski definition) is 1. The second-order valence-electron chi connectivity index (χ2n) is 8.57. The average Bonchev–Trinajstić information content (AvgIpc) is 2.75. The quantitative estimate of drug-likeness (QED) is 0.564. The maximum atomic E-state index is 6.75. The predicted octanol–water partition coefficient (Wildman–Crippen LogP) is 3.55. The first-order valence-corrected chi connectivity index (χ1v) is 15.2. The Morgan fingerprint density at radius 3 is 2.04 bits per heavy atom. The van der Waals surface area contributed by atoms with E-state index >= 15 is 0 Å². The van der Waals surface area contributed by atoms with Crippen molar-refractivity contribution in [1.82, 2.24) is 0 Å². The zero-order valence-electron chi connectivity index (χ0n) is 15.7. The van der Waals surface area contributed by atoms with Crippen molar-refractivity contribution in [2.24, 2.45) is 0 Å². The molecule has 0 fully saturated rings. The topological polar surface area (TPSA) is 26.0 Å². The largest absolute Gasteiger partial charge is 0.399 e. The number of benzene rings is 2. The molecule has 2 aromatic carbocycles. The van der Waals surface area contributed by atoms with Gasteiger partial charge < -0.3 is 5.73 Å². The van der Waals surface area contributed by atoms with Gasteiger partial charge in [-0.1, -0.05) is 74.8 Å². The molecule has 0 saturated heterocycles. The van der Waals surface area contributed by atoms with Crippen LogP contribution in [0.1, 0.15) is 11.1 Å². The Bertz CT molecular complexity index is 755. The van der Waals surface area contributed by atoms with Gasteiger partial charge in [-0.15, -0.1) is 0 Å². The summed E-state index contributed by atoms with van der Waals surface area (Å²) in [5, 5.41) is 3.11. The van der Waals surface area contributed by atoms with Crippen LogP contribution in [0.15, 0.2) is 30.3 Å². The Labute approximate surface area is 154 Å². The number of nitrogen functional groups attached to an aromatic ring is 1. The van der Waals surface area contributed by atoms with Gasteiger partial charge in [0.15, 0.2) is 0 Å². The fourth-order valence-electron chi connectivity index (χ4n) is 3.70. The second-order valence-corrected chi connectivity index (χ2v) is 18.6. The molecule has 23 heavy (non-hydrogen) atoms. The molecule has 0 heterocycles. The molecule has 2 aromatic rings. The van der Waals surface area contributed by atoms with Crippen LogP contribution in [0.25, 0.3) is 11.1 Å². The Morgan fingerprint density at radius 2 is 1.48 bits per heavy atom. The normalized spacial score (nSPS) is 13.3. The molecule has 0 atom stereocenters. The summed E-state index contributed by atoms with van der Waals surface area (Å²) in [7, 11) is -2.90. The van der Waals surface area contributed by atoms with Gasteiger partial charge in [0.2, 0.25) is 0 Å². The summed E-state index contributed by atoms with van der Waals surface area (Å²) in [6, 6.07) is 11.3. The number of anilines is 1. The molecular weight excluding hydrogens is 305 g/mol. The van der Waals surface area contributed by atoms with Crippen molar-refractivity contribution in [3.63, 3.8) is 0 Å².